The number of rotatable bonds is 1. The minimum Gasteiger partial charge on any atom is -0.206 e. The zero-order valence-corrected chi connectivity index (χ0v) is 15.1. The Labute approximate surface area is 161 Å². The smallest absolute Gasteiger partial charge is 0.159 e. The molecule has 0 aromatic heterocycles. The van der Waals surface area contributed by atoms with E-state index in [0.29, 0.717) is 16.3 Å². The monoisotopic (exact) mass is 372 g/mol. The lowest BCUT2D eigenvalue weighted by atomic mass is 10.0. The second kappa shape index (κ2) is 7.25. The Balaban J connectivity index is 1.65. The summed E-state index contributed by atoms with van der Waals surface area (Å²) in [5.74, 6) is 3.51. The predicted molar refractivity (Wildman–Crippen MR) is 106 cm³/mol. The van der Waals surface area contributed by atoms with Crippen LogP contribution in [-0.2, 0) is 0 Å². The third kappa shape index (κ3) is 3.63. The summed E-state index contributed by atoms with van der Waals surface area (Å²) in [6.45, 7) is 2.00. The quantitative estimate of drug-likeness (QED) is 0.329. The first-order valence-corrected chi connectivity index (χ1v) is 8.77. The number of aryl methyl sites for hydroxylation is 1. The van der Waals surface area contributed by atoms with Gasteiger partial charge < -0.3 is 0 Å². The molecule has 0 bridgehead atoms. The van der Waals surface area contributed by atoms with E-state index >= 15 is 0 Å². The first-order chi connectivity index (χ1) is 13.5. The van der Waals surface area contributed by atoms with Crippen molar-refractivity contribution in [2.45, 2.75) is 6.92 Å². The maximum absolute atomic E-state index is 14.5. The van der Waals surface area contributed by atoms with E-state index in [2.05, 4.69) is 11.8 Å². The summed E-state index contributed by atoms with van der Waals surface area (Å²) < 4.78 is 41.2. The molecule has 0 amide bonds. The summed E-state index contributed by atoms with van der Waals surface area (Å²) in [5, 5.41) is 1.12. The highest BCUT2D eigenvalue weighted by Crippen LogP contribution is 2.23. The van der Waals surface area contributed by atoms with Crippen molar-refractivity contribution in [3.63, 3.8) is 0 Å². The molecule has 0 spiro atoms. The molecular formula is C25H15F3. The molecule has 0 N–H and O–H groups in total. The van der Waals surface area contributed by atoms with Crippen molar-refractivity contribution >= 4 is 10.8 Å². The average Bonchev–Trinajstić information content (AvgIpc) is 2.68. The maximum atomic E-state index is 14.5. The zero-order chi connectivity index (χ0) is 19.7. The van der Waals surface area contributed by atoms with E-state index in [-0.39, 0.29) is 5.56 Å². The van der Waals surface area contributed by atoms with Crippen molar-refractivity contribution in [2.75, 3.05) is 0 Å². The fourth-order valence-electron chi connectivity index (χ4n) is 3.00. The van der Waals surface area contributed by atoms with Crippen molar-refractivity contribution in [1.29, 1.82) is 0 Å². The van der Waals surface area contributed by atoms with E-state index in [1.807, 2.05) is 37.3 Å². The molecule has 0 saturated carbocycles. The van der Waals surface area contributed by atoms with Crippen LogP contribution in [0.4, 0.5) is 13.2 Å². The van der Waals surface area contributed by atoms with Crippen LogP contribution in [0.3, 0.4) is 0 Å². The SMILES string of the molecule is Cc1ccc(-c2ccc(C#Cc3ccc4cc(F)c(F)cc4c3)c(F)c2)cc1. The van der Waals surface area contributed by atoms with Crippen LogP contribution in [0.5, 0.6) is 0 Å². The van der Waals surface area contributed by atoms with Crippen molar-refractivity contribution in [3.05, 3.63) is 107 Å². The number of fused-ring (bicyclic) bond motifs is 1. The Kier molecular flexibility index (Phi) is 4.63. The Morgan fingerprint density at radius 3 is 1.96 bits per heavy atom. The Bertz CT molecular complexity index is 1240. The minimum absolute atomic E-state index is 0.279. The summed E-state index contributed by atoms with van der Waals surface area (Å²) >= 11 is 0. The van der Waals surface area contributed by atoms with Gasteiger partial charge in [0, 0.05) is 5.56 Å². The van der Waals surface area contributed by atoms with Gasteiger partial charge in [0.05, 0.1) is 5.56 Å². The summed E-state index contributed by atoms with van der Waals surface area (Å²) in [4.78, 5) is 0. The standard InChI is InChI=1S/C25H15F3/c1-16-2-6-18(7-3-16)20-11-10-19(23(26)13-20)8-4-17-5-9-21-14-24(27)25(28)15-22(21)12-17/h2-3,5-7,9-15H,1H3. The van der Waals surface area contributed by atoms with Crippen molar-refractivity contribution in [1.82, 2.24) is 0 Å². The first kappa shape index (κ1) is 17.9. The summed E-state index contributed by atoms with van der Waals surface area (Å²) in [6.07, 6.45) is 0. The molecular weight excluding hydrogens is 357 g/mol. The molecule has 0 saturated heterocycles. The Hall–Kier alpha value is -3.51. The highest BCUT2D eigenvalue weighted by molar-refractivity contribution is 5.84. The second-order valence-corrected chi connectivity index (χ2v) is 6.64. The molecule has 0 heterocycles. The molecule has 4 aromatic carbocycles. The number of halogens is 3. The fraction of sp³-hybridized carbons (Fsp3) is 0.0400. The number of benzene rings is 4. The molecule has 136 valence electrons. The van der Waals surface area contributed by atoms with Gasteiger partial charge in [0.1, 0.15) is 5.82 Å². The highest BCUT2D eigenvalue weighted by atomic mass is 19.2. The van der Waals surface area contributed by atoms with E-state index in [4.69, 9.17) is 0 Å². The lowest BCUT2D eigenvalue weighted by Crippen LogP contribution is -1.87. The molecule has 0 fully saturated rings. The zero-order valence-electron chi connectivity index (χ0n) is 15.1. The third-order valence-electron chi connectivity index (χ3n) is 4.57. The van der Waals surface area contributed by atoms with Crippen LogP contribution < -0.4 is 0 Å². The summed E-state index contributed by atoms with van der Waals surface area (Å²) in [6, 6.07) is 20.1. The van der Waals surface area contributed by atoms with Gasteiger partial charge in [0.15, 0.2) is 11.6 Å². The predicted octanol–water partition coefficient (Wildman–Crippen LogP) is 6.63. The summed E-state index contributed by atoms with van der Waals surface area (Å²) in [7, 11) is 0. The third-order valence-corrected chi connectivity index (χ3v) is 4.57. The molecule has 3 heteroatoms. The van der Waals surface area contributed by atoms with Crippen molar-refractivity contribution < 1.29 is 13.2 Å². The lowest BCUT2D eigenvalue weighted by molar-refractivity contribution is 0.511. The van der Waals surface area contributed by atoms with E-state index < -0.39 is 17.5 Å². The first-order valence-electron chi connectivity index (χ1n) is 8.77. The van der Waals surface area contributed by atoms with Gasteiger partial charge >= 0.3 is 0 Å². The van der Waals surface area contributed by atoms with E-state index in [9.17, 15) is 13.2 Å². The minimum atomic E-state index is -0.907. The van der Waals surface area contributed by atoms with Crippen LogP contribution in [0.15, 0.2) is 72.8 Å². The molecule has 28 heavy (non-hydrogen) atoms. The molecule has 0 aliphatic heterocycles. The van der Waals surface area contributed by atoms with Gasteiger partial charge in [-0.25, -0.2) is 13.2 Å². The fourth-order valence-corrected chi connectivity index (χ4v) is 3.00. The van der Waals surface area contributed by atoms with Crippen molar-refractivity contribution in [2.24, 2.45) is 0 Å². The van der Waals surface area contributed by atoms with Gasteiger partial charge in [-0.15, -0.1) is 0 Å². The van der Waals surface area contributed by atoms with Crippen LogP contribution in [0, 0.1) is 36.2 Å². The molecule has 0 radical (unpaired) electrons. The summed E-state index contributed by atoms with van der Waals surface area (Å²) in [5.41, 5.74) is 3.74. The van der Waals surface area contributed by atoms with E-state index in [0.717, 1.165) is 28.8 Å². The average molecular weight is 372 g/mol. The molecule has 0 nitrogen and oxygen atoms in total. The van der Waals surface area contributed by atoms with Gasteiger partial charge in [0.25, 0.3) is 0 Å². The van der Waals surface area contributed by atoms with Crippen LogP contribution >= 0.6 is 0 Å². The van der Waals surface area contributed by atoms with Gasteiger partial charge in [-0.05, 0) is 65.2 Å². The second-order valence-electron chi connectivity index (χ2n) is 6.64. The molecule has 0 aliphatic carbocycles. The van der Waals surface area contributed by atoms with Gasteiger partial charge in [-0.2, -0.15) is 0 Å². The Morgan fingerprint density at radius 1 is 0.571 bits per heavy atom. The van der Waals surface area contributed by atoms with E-state index in [1.54, 1.807) is 24.3 Å². The normalized spacial score (nSPS) is 10.6. The number of hydrogen-bond donors (Lipinski definition) is 0. The molecule has 0 unspecified atom stereocenters. The maximum Gasteiger partial charge on any atom is 0.159 e. The molecule has 0 aliphatic rings. The van der Waals surface area contributed by atoms with Crippen LogP contribution in [-0.4, -0.2) is 0 Å². The van der Waals surface area contributed by atoms with Gasteiger partial charge in [0.2, 0.25) is 0 Å². The largest absolute Gasteiger partial charge is 0.206 e. The highest BCUT2D eigenvalue weighted by Gasteiger charge is 2.05. The van der Waals surface area contributed by atoms with Crippen LogP contribution in [0.1, 0.15) is 16.7 Å². The number of hydrogen-bond acceptors (Lipinski definition) is 0. The molecule has 4 rings (SSSR count). The van der Waals surface area contributed by atoms with Gasteiger partial charge in [-0.1, -0.05) is 53.8 Å². The van der Waals surface area contributed by atoms with Crippen LogP contribution in [0.25, 0.3) is 21.9 Å². The Morgan fingerprint density at radius 2 is 1.25 bits per heavy atom. The topological polar surface area (TPSA) is 0 Å². The van der Waals surface area contributed by atoms with Crippen molar-refractivity contribution in [3.8, 4) is 23.0 Å². The molecule has 0 atom stereocenters. The van der Waals surface area contributed by atoms with Crippen LogP contribution in [0.2, 0.25) is 0 Å². The molecule has 4 aromatic rings. The lowest BCUT2D eigenvalue weighted by Gasteiger charge is -2.04. The van der Waals surface area contributed by atoms with E-state index in [1.165, 1.54) is 6.07 Å². The van der Waals surface area contributed by atoms with Gasteiger partial charge in [-0.3, -0.25) is 0 Å².